The Bertz CT molecular complexity index is 354. The van der Waals surface area contributed by atoms with Gasteiger partial charge in [0.1, 0.15) is 0 Å². The van der Waals surface area contributed by atoms with Crippen molar-refractivity contribution in [1.82, 2.24) is 15.5 Å². The molecule has 0 radical (unpaired) electrons. The highest BCUT2D eigenvalue weighted by Crippen LogP contribution is 2.28. The molecular formula is C14H25N3O3. The normalized spacial score (nSPS) is 30.9. The Morgan fingerprint density at radius 2 is 1.90 bits per heavy atom. The summed E-state index contributed by atoms with van der Waals surface area (Å²) in [5.41, 5.74) is 0. The number of carboxylic acids is 1. The van der Waals surface area contributed by atoms with Gasteiger partial charge in [0.2, 0.25) is 0 Å². The van der Waals surface area contributed by atoms with Gasteiger partial charge in [-0.25, -0.2) is 4.79 Å². The Morgan fingerprint density at radius 3 is 2.45 bits per heavy atom. The number of urea groups is 1. The molecule has 0 bridgehead atoms. The highest BCUT2D eigenvalue weighted by atomic mass is 16.4. The number of carbonyl (C=O) groups excluding carboxylic acids is 1. The number of aliphatic carboxylic acids is 1. The number of nitrogens with zero attached hydrogens (tertiary/aromatic N) is 1. The van der Waals surface area contributed by atoms with Crippen LogP contribution in [0.25, 0.3) is 0 Å². The summed E-state index contributed by atoms with van der Waals surface area (Å²) in [6, 6.07) is 0.161. The Kier molecular flexibility index (Phi) is 5.23. The Morgan fingerprint density at radius 1 is 1.20 bits per heavy atom. The Labute approximate surface area is 119 Å². The van der Waals surface area contributed by atoms with Gasteiger partial charge in [-0.3, -0.25) is 4.79 Å². The van der Waals surface area contributed by atoms with E-state index in [0.29, 0.717) is 12.5 Å². The molecule has 1 saturated carbocycles. The van der Waals surface area contributed by atoms with Gasteiger partial charge in [0.25, 0.3) is 0 Å². The molecule has 2 fully saturated rings. The molecule has 1 saturated heterocycles. The van der Waals surface area contributed by atoms with E-state index in [2.05, 4.69) is 22.6 Å². The van der Waals surface area contributed by atoms with E-state index >= 15 is 0 Å². The zero-order chi connectivity index (χ0) is 14.5. The molecule has 1 unspecified atom stereocenters. The first-order chi connectivity index (χ1) is 9.54. The van der Waals surface area contributed by atoms with Gasteiger partial charge in [-0.1, -0.05) is 0 Å². The van der Waals surface area contributed by atoms with Crippen LogP contribution in [-0.4, -0.2) is 54.7 Å². The van der Waals surface area contributed by atoms with Crippen molar-refractivity contribution in [3.8, 4) is 0 Å². The number of likely N-dealkylation sites (N-methyl/N-ethyl adjacent to an activating group) is 1. The average molecular weight is 283 g/mol. The van der Waals surface area contributed by atoms with E-state index in [1.165, 1.54) is 0 Å². The van der Waals surface area contributed by atoms with Crippen molar-refractivity contribution in [2.75, 3.05) is 26.7 Å². The van der Waals surface area contributed by atoms with E-state index in [1.54, 1.807) is 0 Å². The van der Waals surface area contributed by atoms with E-state index in [1.807, 2.05) is 0 Å². The third kappa shape index (κ3) is 4.37. The highest BCUT2D eigenvalue weighted by molar-refractivity contribution is 5.74. The fourth-order valence-electron chi connectivity index (χ4n) is 3.14. The number of carboxylic acid groups (broad SMARTS) is 1. The summed E-state index contributed by atoms with van der Waals surface area (Å²) in [5, 5.41) is 14.9. The van der Waals surface area contributed by atoms with Crippen molar-refractivity contribution < 1.29 is 14.7 Å². The van der Waals surface area contributed by atoms with Crippen LogP contribution in [0.5, 0.6) is 0 Å². The van der Waals surface area contributed by atoms with E-state index in [-0.39, 0.29) is 18.0 Å². The molecule has 0 aromatic carbocycles. The third-order valence-electron chi connectivity index (χ3n) is 4.47. The fraction of sp³-hybridized carbons (Fsp3) is 0.857. The molecule has 6 nitrogen and oxygen atoms in total. The first-order valence-corrected chi connectivity index (χ1v) is 7.50. The van der Waals surface area contributed by atoms with Crippen LogP contribution in [0, 0.1) is 11.8 Å². The second-order valence-corrected chi connectivity index (χ2v) is 6.16. The van der Waals surface area contributed by atoms with Gasteiger partial charge >= 0.3 is 12.0 Å². The lowest BCUT2D eigenvalue weighted by Crippen LogP contribution is -2.44. The first kappa shape index (κ1) is 15.1. The maximum absolute atomic E-state index is 11.8. The standard InChI is InChI=1S/C14H25N3O3/c1-17-7-6-12(9-17)16-14(20)15-8-10-2-4-11(5-3-10)13(18)19/h10-12H,2-9H2,1H3,(H,18,19)(H2,15,16,20). The van der Waals surface area contributed by atoms with Crippen molar-refractivity contribution >= 4 is 12.0 Å². The lowest BCUT2D eigenvalue weighted by molar-refractivity contribution is -0.143. The maximum Gasteiger partial charge on any atom is 0.315 e. The second kappa shape index (κ2) is 6.92. The Balaban J connectivity index is 1.61. The average Bonchev–Trinajstić information content (AvgIpc) is 2.82. The van der Waals surface area contributed by atoms with Crippen LogP contribution in [0.2, 0.25) is 0 Å². The van der Waals surface area contributed by atoms with Crippen molar-refractivity contribution in [2.24, 2.45) is 11.8 Å². The molecule has 1 heterocycles. The van der Waals surface area contributed by atoms with E-state index in [9.17, 15) is 9.59 Å². The van der Waals surface area contributed by atoms with E-state index in [4.69, 9.17) is 5.11 Å². The van der Waals surface area contributed by atoms with Crippen LogP contribution < -0.4 is 10.6 Å². The largest absolute Gasteiger partial charge is 0.481 e. The molecule has 2 aliphatic rings. The summed E-state index contributed by atoms with van der Waals surface area (Å²) in [7, 11) is 2.06. The van der Waals surface area contributed by atoms with Crippen LogP contribution in [-0.2, 0) is 4.79 Å². The van der Waals surface area contributed by atoms with Gasteiger partial charge in [-0.2, -0.15) is 0 Å². The number of hydrogen-bond acceptors (Lipinski definition) is 3. The lowest BCUT2D eigenvalue weighted by atomic mass is 9.82. The molecule has 114 valence electrons. The monoisotopic (exact) mass is 283 g/mol. The zero-order valence-electron chi connectivity index (χ0n) is 12.1. The van der Waals surface area contributed by atoms with Gasteiger partial charge < -0.3 is 20.6 Å². The van der Waals surface area contributed by atoms with E-state index < -0.39 is 5.97 Å². The van der Waals surface area contributed by atoms with Crippen LogP contribution in [0.4, 0.5) is 4.79 Å². The molecule has 20 heavy (non-hydrogen) atoms. The topological polar surface area (TPSA) is 81.7 Å². The maximum atomic E-state index is 11.8. The molecular weight excluding hydrogens is 258 g/mol. The van der Waals surface area contributed by atoms with Crippen molar-refractivity contribution in [1.29, 1.82) is 0 Å². The summed E-state index contributed by atoms with van der Waals surface area (Å²) in [6.07, 6.45) is 4.26. The molecule has 0 spiro atoms. The van der Waals surface area contributed by atoms with Crippen LogP contribution in [0.3, 0.4) is 0 Å². The molecule has 2 amide bonds. The molecule has 2 rings (SSSR count). The number of rotatable bonds is 4. The second-order valence-electron chi connectivity index (χ2n) is 6.16. The molecule has 1 aliphatic heterocycles. The summed E-state index contributed by atoms with van der Waals surface area (Å²) in [5.74, 6) is -0.448. The molecule has 6 heteroatoms. The minimum atomic E-state index is -0.681. The predicted octanol–water partition coefficient (Wildman–Crippen LogP) is 0.881. The summed E-state index contributed by atoms with van der Waals surface area (Å²) in [6.45, 7) is 2.60. The van der Waals surface area contributed by atoms with Gasteiger partial charge in [0, 0.05) is 19.1 Å². The smallest absolute Gasteiger partial charge is 0.315 e. The molecule has 3 N–H and O–H groups in total. The van der Waals surface area contributed by atoms with Crippen molar-refractivity contribution in [3.63, 3.8) is 0 Å². The molecule has 0 aromatic rings. The fourth-order valence-corrected chi connectivity index (χ4v) is 3.14. The minimum Gasteiger partial charge on any atom is -0.481 e. The molecule has 1 aliphatic carbocycles. The minimum absolute atomic E-state index is 0.0920. The number of nitrogens with one attached hydrogen (secondary N) is 2. The number of carbonyl (C=O) groups is 2. The van der Waals surface area contributed by atoms with Gasteiger partial charge in [-0.15, -0.1) is 0 Å². The quantitative estimate of drug-likeness (QED) is 0.715. The zero-order valence-corrected chi connectivity index (χ0v) is 12.1. The first-order valence-electron chi connectivity index (χ1n) is 7.50. The summed E-state index contributed by atoms with van der Waals surface area (Å²) >= 11 is 0. The van der Waals surface area contributed by atoms with Crippen molar-refractivity contribution in [2.45, 2.75) is 38.1 Å². The Hall–Kier alpha value is -1.30. The van der Waals surface area contributed by atoms with Gasteiger partial charge in [0.05, 0.1) is 5.92 Å². The SMILES string of the molecule is CN1CCC(NC(=O)NCC2CCC(C(=O)O)CC2)C1. The predicted molar refractivity (Wildman–Crippen MR) is 75.5 cm³/mol. The van der Waals surface area contributed by atoms with Crippen molar-refractivity contribution in [3.05, 3.63) is 0 Å². The van der Waals surface area contributed by atoms with E-state index in [0.717, 1.165) is 45.2 Å². The van der Waals surface area contributed by atoms with Crippen LogP contribution in [0.1, 0.15) is 32.1 Å². The molecule has 1 atom stereocenters. The van der Waals surface area contributed by atoms with Gasteiger partial charge in [0.15, 0.2) is 0 Å². The number of amides is 2. The van der Waals surface area contributed by atoms with Crippen LogP contribution >= 0.6 is 0 Å². The number of likely N-dealkylation sites (tertiary alicyclic amines) is 1. The summed E-state index contributed by atoms with van der Waals surface area (Å²) in [4.78, 5) is 24.9. The van der Waals surface area contributed by atoms with Gasteiger partial charge in [-0.05, 0) is 51.6 Å². The lowest BCUT2D eigenvalue weighted by Gasteiger charge is -2.26. The number of hydrogen-bond donors (Lipinski definition) is 3. The molecule has 0 aromatic heterocycles. The third-order valence-corrected chi connectivity index (χ3v) is 4.47. The van der Waals surface area contributed by atoms with Crippen LogP contribution in [0.15, 0.2) is 0 Å². The highest BCUT2D eigenvalue weighted by Gasteiger charge is 2.26. The summed E-state index contributed by atoms with van der Waals surface area (Å²) < 4.78 is 0.